The number of anilines is 1. The monoisotopic (exact) mass is 371 g/mol. The highest BCUT2D eigenvalue weighted by Crippen LogP contribution is 2.17. The van der Waals surface area contributed by atoms with Gasteiger partial charge in [0.1, 0.15) is 0 Å². The number of piperazine rings is 1. The second-order valence-electron chi connectivity index (χ2n) is 6.85. The number of benzene rings is 2. The molecule has 0 spiro atoms. The molecule has 1 fully saturated rings. The number of carbonyl (C=O) groups excluding carboxylic acids is 1. The van der Waals surface area contributed by atoms with Gasteiger partial charge < -0.3 is 4.90 Å². The molecule has 0 radical (unpaired) electrons. The van der Waals surface area contributed by atoms with Crippen molar-refractivity contribution < 1.29 is 4.79 Å². The van der Waals surface area contributed by atoms with Gasteiger partial charge in [-0.2, -0.15) is 0 Å². The number of likely N-dealkylation sites (N-methyl/N-ethyl adjacent to an activating group) is 1. The number of halogens is 1. The second-order valence-corrected chi connectivity index (χ2v) is 7.28. The molecule has 26 heavy (non-hydrogen) atoms. The summed E-state index contributed by atoms with van der Waals surface area (Å²) in [5.74, 6) is 0.141. The van der Waals surface area contributed by atoms with Gasteiger partial charge in [-0.3, -0.25) is 14.6 Å². The fourth-order valence-corrected chi connectivity index (χ4v) is 3.50. The van der Waals surface area contributed by atoms with Crippen LogP contribution >= 0.6 is 11.6 Å². The first-order valence-electron chi connectivity index (χ1n) is 9.08. The van der Waals surface area contributed by atoms with Crippen molar-refractivity contribution >= 4 is 23.2 Å². The minimum absolute atomic E-state index is 0.113. The highest BCUT2D eigenvalue weighted by atomic mass is 35.5. The topological polar surface area (TPSA) is 26.8 Å². The van der Waals surface area contributed by atoms with E-state index in [4.69, 9.17) is 11.6 Å². The van der Waals surface area contributed by atoms with Crippen LogP contribution in [0.15, 0.2) is 54.6 Å². The van der Waals surface area contributed by atoms with Gasteiger partial charge in [0, 0.05) is 50.5 Å². The molecule has 1 atom stereocenters. The van der Waals surface area contributed by atoms with Gasteiger partial charge in [0.2, 0.25) is 5.91 Å². The average Bonchev–Trinajstić information content (AvgIpc) is 2.69. The molecular weight excluding hydrogens is 346 g/mol. The van der Waals surface area contributed by atoms with Gasteiger partial charge >= 0.3 is 0 Å². The van der Waals surface area contributed by atoms with Crippen LogP contribution in [-0.4, -0.2) is 55.0 Å². The first kappa shape index (κ1) is 18.9. The minimum Gasteiger partial charge on any atom is -0.314 e. The zero-order valence-corrected chi connectivity index (χ0v) is 16.2. The zero-order valence-electron chi connectivity index (χ0n) is 15.4. The van der Waals surface area contributed by atoms with Crippen molar-refractivity contribution in [2.45, 2.75) is 19.5 Å². The van der Waals surface area contributed by atoms with Gasteiger partial charge in [-0.05, 0) is 36.8 Å². The minimum atomic E-state index is -0.113. The number of rotatable bonds is 5. The van der Waals surface area contributed by atoms with Crippen LogP contribution in [0.4, 0.5) is 5.69 Å². The van der Waals surface area contributed by atoms with Gasteiger partial charge in [0.25, 0.3) is 0 Å². The van der Waals surface area contributed by atoms with Crippen LogP contribution in [0.3, 0.4) is 0 Å². The summed E-state index contributed by atoms with van der Waals surface area (Å²) in [6.07, 6.45) is 0. The lowest BCUT2D eigenvalue weighted by Crippen LogP contribution is -2.53. The Kier molecular flexibility index (Phi) is 6.30. The van der Waals surface area contributed by atoms with Crippen molar-refractivity contribution in [2.24, 2.45) is 0 Å². The Bertz CT molecular complexity index is 712. The van der Waals surface area contributed by atoms with E-state index in [0.717, 1.165) is 43.4 Å². The average molecular weight is 372 g/mol. The maximum Gasteiger partial charge on any atom is 0.243 e. The number of hydrogen-bond acceptors (Lipinski definition) is 3. The van der Waals surface area contributed by atoms with Crippen LogP contribution in [0.25, 0.3) is 0 Å². The van der Waals surface area contributed by atoms with E-state index in [-0.39, 0.29) is 11.9 Å². The van der Waals surface area contributed by atoms with Crippen molar-refractivity contribution in [2.75, 3.05) is 38.1 Å². The summed E-state index contributed by atoms with van der Waals surface area (Å²) in [6.45, 7) is 6.69. The molecular formula is C21H26ClN3O. The molecule has 0 unspecified atom stereocenters. The Hall–Kier alpha value is -1.88. The molecule has 2 aromatic carbocycles. The third-order valence-electron chi connectivity index (χ3n) is 5.11. The van der Waals surface area contributed by atoms with E-state index in [9.17, 15) is 4.79 Å². The van der Waals surface area contributed by atoms with E-state index in [1.165, 1.54) is 5.56 Å². The summed E-state index contributed by atoms with van der Waals surface area (Å²) >= 11 is 5.95. The largest absolute Gasteiger partial charge is 0.314 e. The van der Waals surface area contributed by atoms with Crippen LogP contribution in [0, 0.1) is 0 Å². The van der Waals surface area contributed by atoms with Crippen LogP contribution in [0.2, 0.25) is 5.02 Å². The summed E-state index contributed by atoms with van der Waals surface area (Å²) in [5, 5.41) is 0.772. The van der Waals surface area contributed by atoms with Crippen LogP contribution in [-0.2, 0) is 11.3 Å². The molecule has 1 aliphatic heterocycles. The quantitative estimate of drug-likeness (QED) is 0.804. The molecule has 0 aromatic heterocycles. The molecule has 0 bridgehead atoms. The summed E-state index contributed by atoms with van der Waals surface area (Å²) in [7, 11) is 1.85. The van der Waals surface area contributed by atoms with Gasteiger partial charge in [-0.25, -0.2) is 0 Å². The van der Waals surface area contributed by atoms with Crippen molar-refractivity contribution in [3.63, 3.8) is 0 Å². The molecule has 5 heteroatoms. The van der Waals surface area contributed by atoms with E-state index in [1.807, 2.05) is 56.4 Å². The van der Waals surface area contributed by atoms with Crippen molar-refractivity contribution in [1.82, 2.24) is 9.80 Å². The van der Waals surface area contributed by atoms with Crippen LogP contribution < -0.4 is 4.90 Å². The van der Waals surface area contributed by atoms with Crippen molar-refractivity contribution in [3.8, 4) is 0 Å². The highest BCUT2D eigenvalue weighted by Gasteiger charge is 2.27. The van der Waals surface area contributed by atoms with E-state index in [1.54, 1.807) is 4.90 Å². The smallest absolute Gasteiger partial charge is 0.243 e. The molecule has 1 amide bonds. The molecule has 2 aromatic rings. The third-order valence-corrected chi connectivity index (χ3v) is 5.36. The lowest BCUT2D eigenvalue weighted by Gasteiger charge is -2.38. The van der Waals surface area contributed by atoms with Gasteiger partial charge in [-0.1, -0.05) is 41.9 Å². The standard InChI is InChI=1S/C21H26ClN3O/c1-17(21(26)23(2)20-6-4-3-5-7-20)25-14-12-24(13-15-25)16-18-8-10-19(22)11-9-18/h3-11,17H,12-16H2,1-2H3/t17-/m0/s1. The normalized spacial score (nSPS) is 17.0. The molecule has 1 saturated heterocycles. The Morgan fingerprint density at radius 3 is 2.27 bits per heavy atom. The van der Waals surface area contributed by atoms with E-state index in [2.05, 4.69) is 21.9 Å². The van der Waals surface area contributed by atoms with E-state index < -0.39 is 0 Å². The number of hydrogen-bond donors (Lipinski definition) is 0. The highest BCUT2D eigenvalue weighted by molar-refractivity contribution is 6.30. The summed E-state index contributed by atoms with van der Waals surface area (Å²) in [4.78, 5) is 19.3. The lowest BCUT2D eigenvalue weighted by atomic mass is 10.1. The zero-order chi connectivity index (χ0) is 18.5. The predicted octanol–water partition coefficient (Wildman–Crippen LogP) is 3.51. The molecule has 3 rings (SSSR count). The number of para-hydroxylation sites is 1. The molecule has 0 N–H and O–H groups in total. The second kappa shape index (κ2) is 8.67. The predicted molar refractivity (Wildman–Crippen MR) is 108 cm³/mol. The molecule has 1 heterocycles. The Morgan fingerprint density at radius 1 is 1.04 bits per heavy atom. The molecule has 1 aliphatic rings. The van der Waals surface area contributed by atoms with Gasteiger partial charge in [0.05, 0.1) is 6.04 Å². The maximum absolute atomic E-state index is 12.8. The van der Waals surface area contributed by atoms with E-state index in [0.29, 0.717) is 0 Å². The molecule has 4 nitrogen and oxygen atoms in total. The summed E-state index contributed by atoms with van der Waals surface area (Å²) < 4.78 is 0. The Labute approximate surface area is 161 Å². The fourth-order valence-electron chi connectivity index (χ4n) is 3.37. The maximum atomic E-state index is 12.8. The van der Waals surface area contributed by atoms with Gasteiger partial charge in [0.15, 0.2) is 0 Å². The van der Waals surface area contributed by atoms with Crippen molar-refractivity contribution in [1.29, 1.82) is 0 Å². The van der Waals surface area contributed by atoms with Crippen LogP contribution in [0.1, 0.15) is 12.5 Å². The third kappa shape index (κ3) is 4.64. The summed E-state index contributed by atoms with van der Waals surface area (Å²) in [5.41, 5.74) is 2.21. The lowest BCUT2D eigenvalue weighted by molar-refractivity contribution is -0.123. The first-order chi connectivity index (χ1) is 12.5. The number of carbonyl (C=O) groups is 1. The fraction of sp³-hybridized carbons (Fsp3) is 0.381. The SMILES string of the molecule is C[C@@H](C(=O)N(C)c1ccccc1)N1CCN(Cc2ccc(Cl)cc2)CC1. The van der Waals surface area contributed by atoms with E-state index >= 15 is 0 Å². The number of amides is 1. The molecule has 138 valence electrons. The first-order valence-corrected chi connectivity index (χ1v) is 9.46. The van der Waals surface area contributed by atoms with Crippen LogP contribution in [0.5, 0.6) is 0 Å². The summed E-state index contributed by atoms with van der Waals surface area (Å²) in [6, 6.07) is 17.7. The Balaban J connectivity index is 1.52. The molecule has 0 aliphatic carbocycles. The number of nitrogens with zero attached hydrogens (tertiary/aromatic N) is 3. The van der Waals surface area contributed by atoms with Crippen molar-refractivity contribution in [3.05, 3.63) is 65.2 Å². The Morgan fingerprint density at radius 2 is 1.65 bits per heavy atom. The molecule has 0 saturated carbocycles. The van der Waals surface area contributed by atoms with Gasteiger partial charge in [-0.15, -0.1) is 0 Å².